The Morgan fingerprint density at radius 2 is 1.82 bits per heavy atom. The molecule has 1 aromatic rings. The average Bonchev–Trinajstić information content (AvgIpc) is 2.41. The van der Waals surface area contributed by atoms with E-state index in [2.05, 4.69) is 20.8 Å². The number of rotatable bonds is 7. The number of ether oxygens (including phenoxy) is 1. The van der Waals surface area contributed by atoms with Crippen LogP contribution in [0.4, 0.5) is 0 Å². The minimum absolute atomic E-state index is 0.113. The molecule has 0 aliphatic heterocycles. The van der Waals surface area contributed by atoms with E-state index in [1.807, 2.05) is 36.4 Å². The van der Waals surface area contributed by atoms with Gasteiger partial charge in [0.1, 0.15) is 5.75 Å². The smallest absolute Gasteiger partial charge is 0.309 e. The molecule has 0 aliphatic carbocycles. The Bertz CT molecular complexity index is 522. The van der Waals surface area contributed by atoms with Crippen LogP contribution in [0.2, 0.25) is 0 Å². The molecule has 0 unspecified atom stereocenters. The summed E-state index contributed by atoms with van der Waals surface area (Å²) >= 11 is 0. The Kier molecular flexibility index (Phi) is 6.21. The van der Waals surface area contributed by atoms with Crippen molar-refractivity contribution in [1.29, 1.82) is 0 Å². The van der Waals surface area contributed by atoms with Crippen molar-refractivity contribution < 1.29 is 14.6 Å². The Morgan fingerprint density at radius 3 is 2.41 bits per heavy atom. The fourth-order valence-corrected chi connectivity index (χ4v) is 1.81. The number of para-hydroxylation sites is 1. The Morgan fingerprint density at radius 1 is 1.18 bits per heavy atom. The molecule has 3 nitrogen and oxygen atoms in total. The first-order valence-corrected chi connectivity index (χ1v) is 7.74. The molecular weight excluding hydrogens is 276 g/mol. The summed E-state index contributed by atoms with van der Waals surface area (Å²) in [5.74, 6) is 0.112. The monoisotopic (exact) mass is 304 g/mol. The van der Waals surface area contributed by atoms with Crippen LogP contribution in [-0.4, -0.2) is 17.7 Å². The van der Waals surface area contributed by atoms with Gasteiger partial charge in [-0.25, -0.2) is 0 Å². The van der Waals surface area contributed by atoms with Crippen molar-refractivity contribution in [2.45, 2.75) is 47.5 Å². The third kappa shape index (κ3) is 6.33. The average molecular weight is 304 g/mol. The van der Waals surface area contributed by atoms with Crippen LogP contribution in [0.5, 0.6) is 5.75 Å². The summed E-state index contributed by atoms with van der Waals surface area (Å²) in [7, 11) is 0. The lowest BCUT2D eigenvalue weighted by atomic mass is 9.88. The summed E-state index contributed by atoms with van der Waals surface area (Å²) in [6.45, 7) is 10.6. The Labute approximate surface area is 134 Å². The second kappa shape index (κ2) is 7.48. The summed E-state index contributed by atoms with van der Waals surface area (Å²) in [5, 5.41) is 9.10. The molecule has 0 saturated heterocycles. The molecule has 1 rings (SSSR count). The summed E-state index contributed by atoms with van der Waals surface area (Å²) in [6.07, 6.45) is 5.37. The van der Waals surface area contributed by atoms with Crippen LogP contribution >= 0.6 is 0 Å². The minimum atomic E-state index is -0.755. The van der Waals surface area contributed by atoms with Gasteiger partial charge in [-0.1, -0.05) is 51.1 Å². The van der Waals surface area contributed by atoms with Crippen LogP contribution in [-0.2, 0) is 4.79 Å². The van der Waals surface area contributed by atoms with Crippen LogP contribution < -0.4 is 4.74 Å². The highest BCUT2D eigenvalue weighted by Gasteiger charge is 2.25. The van der Waals surface area contributed by atoms with Gasteiger partial charge < -0.3 is 9.84 Å². The number of aliphatic carboxylic acids is 1. The molecule has 122 valence electrons. The highest BCUT2D eigenvalue weighted by atomic mass is 16.5. The Hall–Kier alpha value is -1.77. The molecule has 0 radical (unpaired) electrons. The van der Waals surface area contributed by atoms with E-state index in [4.69, 9.17) is 9.84 Å². The van der Waals surface area contributed by atoms with E-state index in [0.717, 1.165) is 17.7 Å². The largest absolute Gasteiger partial charge is 0.492 e. The lowest BCUT2D eigenvalue weighted by molar-refractivity contribution is -0.147. The van der Waals surface area contributed by atoms with Crippen molar-refractivity contribution in [2.75, 3.05) is 6.61 Å². The summed E-state index contributed by atoms with van der Waals surface area (Å²) < 4.78 is 5.89. The van der Waals surface area contributed by atoms with Crippen molar-refractivity contribution in [3.8, 4) is 5.75 Å². The van der Waals surface area contributed by atoms with Gasteiger partial charge in [-0.15, -0.1) is 0 Å². The van der Waals surface area contributed by atoms with E-state index in [9.17, 15) is 4.79 Å². The molecule has 0 aromatic heterocycles. The van der Waals surface area contributed by atoms with Gasteiger partial charge in [-0.3, -0.25) is 4.79 Å². The van der Waals surface area contributed by atoms with Crippen LogP contribution in [0.25, 0.3) is 6.08 Å². The van der Waals surface area contributed by atoms with Crippen molar-refractivity contribution in [3.63, 3.8) is 0 Å². The Balaban J connectivity index is 2.66. The van der Waals surface area contributed by atoms with Crippen molar-refractivity contribution >= 4 is 12.0 Å². The van der Waals surface area contributed by atoms with Crippen molar-refractivity contribution in [1.82, 2.24) is 0 Å². The molecule has 0 bridgehead atoms. The molecule has 22 heavy (non-hydrogen) atoms. The topological polar surface area (TPSA) is 46.5 Å². The van der Waals surface area contributed by atoms with Crippen LogP contribution in [0, 0.1) is 10.8 Å². The standard InChI is InChI=1S/C19H28O3/c1-18(2,3)14-22-16-12-7-6-10-15(16)11-8-9-13-19(4,5)17(20)21/h6-8,10-12H,9,13-14H2,1-5H3,(H,20,21)/b11-8+. The molecule has 1 N–H and O–H groups in total. The maximum atomic E-state index is 11.1. The number of carboxylic acid groups (broad SMARTS) is 1. The fourth-order valence-electron chi connectivity index (χ4n) is 1.81. The van der Waals surface area contributed by atoms with Crippen molar-refractivity contribution in [2.24, 2.45) is 10.8 Å². The fraction of sp³-hybridized carbons (Fsp3) is 0.526. The number of carbonyl (C=O) groups is 1. The molecule has 0 fully saturated rings. The van der Waals surface area contributed by atoms with E-state index in [1.54, 1.807) is 13.8 Å². The second-order valence-electron chi connectivity index (χ2n) is 7.52. The van der Waals surface area contributed by atoms with Gasteiger partial charge in [0.2, 0.25) is 0 Å². The predicted octanol–water partition coefficient (Wildman–Crippen LogP) is 5.02. The lowest BCUT2D eigenvalue weighted by Crippen LogP contribution is -2.23. The lowest BCUT2D eigenvalue weighted by Gasteiger charge is -2.20. The maximum Gasteiger partial charge on any atom is 0.309 e. The summed E-state index contributed by atoms with van der Waals surface area (Å²) in [6, 6.07) is 7.91. The quantitative estimate of drug-likeness (QED) is 0.769. The first kappa shape index (κ1) is 18.3. The van der Waals surface area contributed by atoms with Gasteiger partial charge in [-0.2, -0.15) is 0 Å². The molecule has 0 heterocycles. The summed E-state index contributed by atoms with van der Waals surface area (Å²) in [5.41, 5.74) is 0.453. The molecule has 0 atom stereocenters. The van der Waals surface area contributed by atoms with Crippen LogP contribution in [0.1, 0.15) is 53.0 Å². The number of hydrogen-bond acceptors (Lipinski definition) is 2. The number of carboxylic acids is 1. The van der Waals surface area contributed by atoms with Gasteiger partial charge in [0.25, 0.3) is 0 Å². The zero-order valence-electron chi connectivity index (χ0n) is 14.3. The van der Waals surface area contributed by atoms with Gasteiger partial charge in [0.15, 0.2) is 0 Å². The SMILES string of the molecule is CC(C)(C)COc1ccccc1/C=C/CCC(C)(C)C(=O)O. The minimum Gasteiger partial charge on any atom is -0.492 e. The molecule has 0 spiro atoms. The third-order valence-electron chi connectivity index (χ3n) is 3.39. The second-order valence-corrected chi connectivity index (χ2v) is 7.52. The zero-order chi connectivity index (χ0) is 16.8. The van der Waals surface area contributed by atoms with Crippen LogP contribution in [0.15, 0.2) is 30.3 Å². The van der Waals surface area contributed by atoms with Crippen LogP contribution in [0.3, 0.4) is 0 Å². The highest BCUT2D eigenvalue weighted by Crippen LogP contribution is 2.25. The number of allylic oxidation sites excluding steroid dienone is 1. The van der Waals surface area contributed by atoms with Gasteiger partial charge >= 0.3 is 5.97 Å². The van der Waals surface area contributed by atoms with E-state index in [1.165, 1.54) is 0 Å². The number of hydrogen-bond donors (Lipinski definition) is 1. The third-order valence-corrected chi connectivity index (χ3v) is 3.39. The molecule has 0 amide bonds. The highest BCUT2D eigenvalue weighted by molar-refractivity contribution is 5.73. The molecule has 3 heteroatoms. The zero-order valence-corrected chi connectivity index (χ0v) is 14.3. The molecule has 0 saturated carbocycles. The predicted molar refractivity (Wildman–Crippen MR) is 91.1 cm³/mol. The number of benzene rings is 1. The van der Waals surface area contributed by atoms with Gasteiger partial charge in [0, 0.05) is 5.56 Å². The first-order chi connectivity index (χ1) is 10.1. The summed E-state index contributed by atoms with van der Waals surface area (Å²) in [4.78, 5) is 11.1. The first-order valence-electron chi connectivity index (χ1n) is 7.74. The molecule has 1 aromatic carbocycles. The molecule has 0 aliphatic rings. The van der Waals surface area contributed by atoms with Crippen molar-refractivity contribution in [3.05, 3.63) is 35.9 Å². The van der Waals surface area contributed by atoms with E-state index in [-0.39, 0.29) is 5.41 Å². The van der Waals surface area contributed by atoms with E-state index >= 15 is 0 Å². The molecular formula is C19H28O3. The van der Waals surface area contributed by atoms with Gasteiger partial charge in [0.05, 0.1) is 12.0 Å². The van der Waals surface area contributed by atoms with Gasteiger partial charge in [-0.05, 0) is 38.2 Å². The normalized spacial score (nSPS) is 12.6. The van der Waals surface area contributed by atoms with E-state index in [0.29, 0.717) is 13.0 Å². The maximum absolute atomic E-state index is 11.1. The van der Waals surface area contributed by atoms with E-state index < -0.39 is 11.4 Å².